The molecule has 0 aromatic rings. The van der Waals surface area contributed by atoms with Crippen molar-refractivity contribution in [1.29, 1.82) is 0 Å². The Kier molecular flexibility index (Phi) is 14.8. The van der Waals surface area contributed by atoms with Crippen molar-refractivity contribution in [2.24, 2.45) is 0 Å². The minimum absolute atomic E-state index is 0.217. The van der Waals surface area contributed by atoms with Gasteiger partial charge in [0, 0.05) is 21.1 Å². The predicted molar refractivity (Wildman–Crippen MR) is 66.3 cm³/mol. The summed E-state index contributed by atoms with van der Waals surface area (Å²) in [5, 5.41) is 7.42. The van der Waals surface area contributed by atoms with Crippen molar-refractivity contribution < 1.29 is 24.1 Å². The van der Waals surface area contributed by atoms with Crippen LogP contribution in [0.4, 0.5) is 0 Å². The van der Waals surface area contributed by atoms with E-state index in [1.54, 1.807) is 14.2 Å². The maximum atomic E-state index is 9.00. The lowest BCUT2D eigenvalue weighted by molar-refractivity contribution is -0.134. The summed E-state index contributed by atoms with van der Waals surface area (Å²) in [6, 6.07) is 0. The van der Waals surface area contributed by atoms with E-state index in [1.165, 1.54) is 0 Å². The van der Waals surface area contributed by atoms with E-state index in [4.69, 9.17) is 24.1 Å². The number of aliphatic carboxylic acids is 1. The molecule has 0 aliphatic heterocycles. The molecule has 0 fully saturated rings. The Labute approximate surface area is 104 Å². The summed E-state index contributed by atoms with van der Waals surface area (Å²) in [4.78, 5) is 9.00. The minimum Gasteiger partial charge on any atom is -0.481 e. The van der Waals surface area contributed by atoms with Crippen LogP contribution >= 0.6 is 0 Å². The highest BCUT2D eigenvalue weighted by Gasteiger charge is 2.07. The molecule has 104 valence electrons. The van der Waals surface area contributed by atoms with E-state index >= 15 is 0 Å². The summed E-state index contributed by atoms with van der Waals surface area (Å²) < 4.78 is 15.8. The standard InChI is InChI=1S/C10H22O3.C2H4O2/c1-5-9(11-3)7-13-8-10(6-2)12-4;1-2(3)4/h9-10H,5-8H2,1-4H3;1H3,(H,3,4). The molecule has 5 heteroatoms. The summed E-state index contributed by atoms with van der Waals surface area (Å²) in [5.74, 6) is -0.833. The number of ether oxygens (including phenoxy) is 3. The summed E-state index contributed by atoms with van der Waals surface area (Å²) in [6.07, 6.45) is 2.41. The van der Waals surface area contributed by atoms with Crippen molar-refractivity contribution in [2.75, 3.05) is 27.4 Å². The van der Waals surface area contributed by atoms with Crippen LogP contribution in [0.2, 0.25) is 0 Å². The van der Waals surface area contributed by atoms with Gasteiger partial charge in [-0.15, -0.1) is 0 Å². The third-order valence-corrected chi connectivity index (χ3v) is 2.18. The smallest absolute Gasteiger partial charge is 0.300 e. The second-order valence-corrected chi connectivity index (χ2v) is 3.59. The van der Waals surface area contributed by atoms with E-state index in [0.29, 0.717) is 13.2 Å². The quantitative estimate of drug-likeness (QED) is 0.713. The molecule has 17 heavy (non-hydrogen) atoms. The van der Waals surface area contributed by atoms with Gasteiger partial charge in [0.2, 0.25) is 0 Å². The van der Waals surface area contributed by atoms with Crippen LogP contribution in [0.1, 0.15) is 33.6 Å². The summed E-state index contributed by atoms with van der Waals surface area (Å²) in [6.45, 7) is 6.58. The summed E-state index contributed by atoms with van der Waals surface area (Å²) in [7, 11) is 3.43. The van der Waals surface area contributed by atoms with Gasteiger partial charge in [-0.2, -0.15) is 0 Å². The van der Waals surface area contributed by atoms with E-state index in [9.17, 15) is 0 Å². The average molecular weight is 250 g/mol. The first-order valence-corrected chi connectivity index (χ1v) is 5.84. The minimum atomic E-state index is -0.833. The molecule has 2 unspecified atom stereocenters. The fourth-order valence-corrected chi connectivity index (χ4v) is 1.04. The third-order valence-electron chi connectivity index (χ3n) is 2.18. The summed E-state index contributed by atoms with van der Waals surface area (Å²) in [5.41, 5.74) is 0. The second kappa shape index (κ2) is 13.4. The fourth-order valence-electron chi connectivity index (χ4n) is 1.04. The van der Waals surface area contributed by atoms with Crippen LogP contribution in [0.25, 0.3) is 0 Å². The molecule has 1 N–H and O–H groups in total. The van der Waals surface area contributed by atoms with Gasteiger partial charge in [0.25, 0.3) is 5.97 Å². The van der Waals surface area contributed by atoms with Crippen molar-refractivity contribution in [2.45, 2.75) is 45.8 Å². The predicted octanol–water partition coefficient (Wildman–Crippen LogP) is 1.94. The van der Waals surface area contributed by atoms with Gasteiger partial charge in [-0.1, -0.05) is 13.8 Å². The number of methoxy groups -OCH3 is 2. The van der Waals surface area contributed by atoms with Crippen molar-refractivity contribution in [1.82, 2.24) is 0 Å². The molecule has 0 heterocycles. The first-order chi connectivity index (χ1) is 8.01. The number of hydrogen-bond acceptors (Lipinski definition) is 4. The molecule has 0 aromatic heterocycles. The van der Waals surface area contributed by atoms with Gasteiger partial charge in [0.05, 0.1) is 25.4 Å². The van der Waals surface area contributed by atoms with Gasteiger partial charge in [-0.05, 0) is 12.8 Å². The SMILES string of the molecule is CC(=O)O.CCC(COCC(CC)OC)OC. The lowest BCUT2D eigenvalue weighted by Gasteiger charge is -2.16. The zero-order chi connectivity index (χ0) is 13.7. The molecule has 0 radical (unpaired) electrons. The van der Waals surface area contributed by atoms with Crippen LogP contribution < -0.4 is 0 Å². The van der Waals surface area contributed by atoms with Crippen LogP contribution in [0.3, 0.4) is 0 Å². The number of carbonyl (C=O) groups is 1. The Morgan fingerprint density at radius 1 is 1.06 bits per heavy atom. The molecule has 0 amide bonds. The molecule has 0 aliphatic carbocycles. The van der Waals surface area contributed by atoms with E-state index in [2.05, 4.69) is 13.8 Å². The van der Waals surface area contributed by atoms with E-state index < -0.39 is 5.97 Å². The van der Waals surface area contributed by atoms with Crippen molar-refractivity contribution in [3.8, 4) is 0 Å². The number of carboxylic acids is 1. The Morgan fingerprint density at radius 3 is 1.53 bits per heavy atom. The van der Waals surface area contributed by atoms with Gasteiger partial charge in [-0.25, -0.2) is 0 Å². The van der Waals surface area contributed by atoms with Crippen LogP contribution in [0.15, 0.2) is 0 Å². The van der Waals surface area contributed by atoms with E-state index in [0.717, 1.165) is 19.8 Å². The normalized spacial score (nSPS) is 13.5. The lowest BCUT2D eigenvalue weighted by Crippen LogP contribution is -2.23. The number of rotatable bonds is 8. The largest absolute Gasteiger partial charge is 0.481 e. The molecule has 0 aliphatic rings. The molecule has 0 spiro atoms. The third kappa shape index (κ3) is 15.4. The van der Waals surface area contributed by atoms with Crippen LogP contribution in [-0.2, 0) is 19.0 Å². The molecule has 0 saturated carbocycles. The second-order valence-electron chi connectivity index (χ2n) is 3.59. The highest BCUT2D eigenvalue weighted by molar-refractivity contribution is 5.62. The first-order valence-electron chi connectivity index (χ1n) is 5.84. The van der Waals surface area contributed by atoms with Gasteiger partial charge in [0.15, 0.2) is 0 Å². The fraction of sp³-hybridized carbons (Fsp3) is 0.917. The molecular formula is C12H26O5. The molecule has 5 nitrogen and oxygen atoms in total. The monoisotopic (exact) mass is 250 g/mol. The molecule has 2 atom stereocenters. The molecule has 0 saturated heterocycles. The van der Waals surface area contributed by atoms with Gasteiger partial charge < -0.3 is 19.3 Å². The average Bonchev–Trinajstić information content (AvgIpc) is 2.29. The van der Waals surface area contributed by atoms with Crippen molar-refractivity contribution in [3.63, 3.8) is 0 Å². The Bertz CT molecular complexity index is 148. The molecule has 0 bridgehead atoms. The van der Waals surface area contributed by atoms with Crippen LogP contribution in [0, 0.1) is 0 Å². The van der Waals surface area contributed by atoms with Crippen molar-refractivity contribution in [3.05, 3.63) is 0 Å². The number of carboxylic acid groups (broad SMARTS) is 1. The molecule has 0 aromatic carbocycles. The number of hydrogen-bond donors (Lipinski definition) is 1. The topological polar surface area (TPSA) is 65.0 Å². The van der Waals surface area contributed by atoms with Gasteiger partial charge >= 0.3 is 0 Å². The summed E-state index contributed by atoms with van der Waals surface area (Å²) >= 11 is 0. The van der Waals surface area contributed by atoms with Crippen LogP contribution in [-0.4, -0.2) is 50.7 Å². The van der Waals surface area contributed by atoms with Gasteiger partial charge in [-0.3, -0.25) is 4.79 Å². The molecular weight excluding hydrogens is 224 g/mol. The molecule has 0 rings (SSSR count). The maximum Gasteiger partial charge on any atom is 0.300 e. The van der Waals surface area contributed by atoms with Crippen molar-refractivity contribution >= 4 is 5.97 Å². The Morgan fingerprint density at radius 2 is 1.35 bits per heavy atom. The van der Waals surface area contributed by atoms with E-state index in [-0.39, 0.29) is 12.2 Å². The van der Waals surface area contributed by atoms with Crippen LogP contribution in [0.5, 0.6) is 0 Å². The Balaban J connectivity index is 0. The zero-order valence-corrected chi connectivity index (χ0v) is 11.6. The van der Waals surface area contributed by atoms with E-state index in [1.807, 2.05) is 0 Å². The highest BCUT2D eigenvalue weighted by Crippen LogP contribution is 2.00. The first kappa shape index (κ1) is 18.7. The highest BCUT2D eigenvalue weighted by atomic mass is 16.5. The zero-order valence-electron chi connectivity index (χ0n) is 11.6. The van der Waals surface area contributed by atoms with Gasteiger partial charge in [0.1, 0.15) is 0 Å². The lowest BCUT2D eigenvalue weighted by atomic mass is 10.3. The maximum absolute atomic E-state index is 9.00. The Hall–Kier alpha value is -0.650.